The summed E-state index contributed by atoms with van der Waals surface area (Å²) >= 11 is 0. The summed E-state index contributed by atoms with van der Waals surface area (Å²) in [5.74, 6) is -2.38. The van der Waals surface area contributed by atoms with Gasteiger partial charge in [-0.1, -0.05) is 6.92 Å². The predicted molar refractivity (Wildman–Crippen MR) is 117 cm³/mol. The monoisotopic (exact) mass is 467 g/mol. The van der Waals surface area contributed by atoms with Gasteiger partial charge in [-0.25, -0.2) is 0 Å². The zero-order valence-electron chi connectivity index (χ0n) is 19.7. The molecule has 4 aliphatic rings. The molecule has 186 valence electrons. The van der Waals surface area contributed by atoms with Crippen molar-refractivity contribution in [3.8, 4) is 0 Å². The number of carbonyl (C=O) groups is 3. The number of nitrogens with one attached hydrogen (secondary N) is 1. The molecule has 2 bridgehead atoms. The first-order valence-corrected chi connectivity index (χ1v) is 12.3. The molecule has 0 aliphatic carbocycles. The van der Waals surface area contributed by atoms with Gasteiger partial charge in [0.1, 0.15) is 17.6 Å². The molecule has 0 aromatic rings. The Morgan fingerprint density at radius 3 is 2.64 bits per heavy atom. The number of amides is 2. The van der Waals surface area contributed by atoms with E-state index in [0.29, 0.717) is 52.0 Å². The molecule has 4 heterocycles. The molecular weight excluding hydrogens is 430 g/mol. The molecular formula is C23H37N3O7. The Bertz CT molecular complexity index is 758. The first-order valence-electron chi connectivity index (χ1n) is 12.3. The number of ether oxygens (including phenoxy) is 3. The van der Waals surface area contributed by atoms with Gasteiger partial charge in [0.15, 0.2) is 0 Å². The zero-order valence-corrected chi connectivity index (χ0v) is 19.7. The fraction of sp³-hybridized carbons (Fsp3) is 0.870. The van der Waals surface area contributed by atoms with E-state index in [9.17, 15) is 19.5 Å². The van der Waals surface area contributed by atoms with Gasteiger partial charge in [0.05, 0.1) is 31.3 Å². The number of aliphatic hydroxyl groups is 1. The van der Waals surface area contributed by atoms with E-state index in [4.69, 9.17) is 14.2 Å². The van der Waals surface area contributed by atoms with Crippen molar-refractivity contribution in [2.24, 2.45) is 11.8 Å². The number of likely N-dealkylation sites (tertiary alicyclic amines) is 1. The number of nitrogens with zero attached hydrogens (tertiary/aromatic N) is 2. The third-order valence-corrected chi connectivity index (χ3v) is 7.86. The Hall–Kier alpha value is -1.75. The van der Waals surface area contributed by atoms with Crippen molar-refractivity contribution in [3.63, 3.8) is 0 Å². The van der Waals surface area contributed by atoms with Crippen LogP contribution in [0.4, 0.5) is 0 Å². The number of fused-ring (bicyclic) bond motifs is 1. The summed E-state index contributed by atoms with van der Waals surface area (Å²) in [4.78, 5) is 43.9. The zero-order chi connectivity index (χ0) is 23.6. The van der Waals surface area contributed by atoms with Crippen LogP contribution in [0.3, 0.4) is 0 Å². The molecule has 4 saturated heterocycles. The first kappa shape index (κ1) is 24.4. The molecule has 5 atom stereocenters. The number of carbonyl (C=O) groups excluding carboxylic acids is 3. The maximum absolute atomic E-state index is 13.6. The summed E-state index contributed by atoms with van der Waals surface area (Å²) in [7, 11) is 0. The van der Waals surface area contributed by atoms with E-state index in [1.54, 1.807) is 6.92 Å². The van der Waals surface area contributed by atoms with Crippen molar-refractivity contribution < 1.29 is 33.7 Å². The average molecular weight is 468 g/mol. The average Bonchev–Trinajstić information content (AvgIpc) is 3.42. The lowest BCUT2D eigenvalue weighted by atomic mass is 9.65. The van der Waals surface area contributed by atoms with Crippen LogP contribution in [0.5, 0.6) is 0 Å². The van der Waals surface area contributed by atoms with Gasteiger partial charge in [0, 0.05) is 39.3 Å². The number of aliphatic hydroxyl groups excluding tert-OH is 1. The minimum atomic E-state index is -1.04. The highest BCUT2D eigenvalue weighted by molar-refractivity contribution is 5.98. The topological polar surface area (TPSA) is 118 Å². The molecule has 2 amide bonds. The molecule has 0 aromatic carbocycles. The maximum Gasteiger partial charge on any atom is 0.312 e. The predicted octanol–water partition coefficient (Wildman–Crippen LogP) is -0.465. The molecule has 33 heavy (non-hydrogen) atoms. The van der Waals surface area contributed by atoms with Crippen molar-refractivity contribution in [1.82, 2.24) is 15.1 Å². The Morgan fingerprint density at radius 2 is 1.97 bits per heavy atom. The van der Waals surface area contributed by atoms with Crippen LogP contribution in [0.1, 0.15) is 39.5 Å². The van der Waals surface area contributed by atoms with Gasteiger partial charge in [-0.05, 0) is 32.6 Å². The minimum Gasteiger partial charge on any atom is -0.466 e. The molecule has 4 fully saturated rings. The van der Waals surface area contributed by atoms with Gasteiger partial charge in [-0.15, -0.1) is 0 Å². The Kier molecular flexibility index (Phi) is 7.28. The fourth-order valence-electron chi connectivity index (χ4n) is 6.35. The number of esters is 1. The first-order chi connectivity index (χ1) is 15.9. The lowest BCUT2D eigenvalue weighted by Crippen LogP contribution is -2.56. The number of hydrogen-bond donors (Lipinski definition) is 2. The molecule has 1 spiro atoms. The minimum absolute atomic E-state index is 0.0894. The lowest BCUT2D eigenvalue weighted by Gasteiger charge is -2.34. The van der Waals surface area contributed by atoms with Crippen molar-refractivity contribution in [2.45, 2.75) is 56.8 Å². The van der Waals surface area contributed by atoms with Crippen molar-refractivity contribution >= 4 is 17.8 Å². The highest BCUT2D eigenvalue weighted by Crippen LogP contribution is 2.64. The molecule has 4 rings (SSSR count). The highest BCUT2D eigenvalue weighted by atomic mass is 16.6. The fourth-order valence-corrected chi connectivity index (χ4v) is 6.35. The van der Waals surface area contributed by atoms with E-state index in [0.717, 1.165) is 13.1 Å². The molecule has 10 nitrogen and oxygen atoms in total. The Labute approximate surface area is 194 Å². The smallest absolute Gasteiger partial charge is 0.312 e. The van der Waals surface area contributed by atoms with Crippen molar-refractivity contribution in [2.75, 3.05) is 59.2 Å². The van der Waals surface area contributed by atoms with E-state index in [1.165, 1.54) is 4.90 Å². The molecule has 0 aromatic heterocycles. The van der Waals surface area contributed by atoms with Gasteiger partial charge in [-0.2, -0.15) is 0 Å². The van der Waals surface area contributed by atoms with Crippen LogP contribution in [0.2, 0.25) is 0 Å². The van der Waals surface area contributed by atoms with Crippen LogP contribution in [-0.4, -0.2) is 109 Å². The van der Waals surface area contributed by atoms with Crippen LogP contribution in [-0.2, 0) is 28.6 Å². The SMILES string of the molecule is CCOC(=O)[C@H]1[C@H]2C(=O)N(CCCO)C(C(=O)NCCN3CCOCC3)C23CC[C@]1(CC)O3. The Morgan fingerprint density at radius 1 is 1.21 bits per heavy atom. The second-order valence-corrected chi connectivity index (χ2v) is 9.44. The van der Waals surface area contributed by atoms with Gasteiger partial charge in [0.2, 0.25) is 11.8 Å². The van der Waals surface area contributed by atoms with E-state index < -0.39 is 35.0 Å². The summed E-state index contributed by atoms with van der Waals surface area (Å²) in [5.41, 5.74) is -1.81. The summed E-state index contributed by atoms with van der Waals surface area (Å²) in [6.45, 7) is 8.27. The summed E-state index contributed by atoms with van der Waals surface area (Å²) in [6, 6.07) is -0.820. The molecule has 2 unspecified atom stereocenters. The Balaban J connectivity index is 1.57. The summed E-state index contributed by atoms with van der Waals surface area (Å²) in [6.07, 6.45) is 2.09. The van der Waals surface area contributed by atoms with E-state index in [2.05, 4.69) is 10.2 Å². The van der Waals surface area contributed by atoms with E-state index in [-0.39, 0.29) is 31.6 Å². The number of hydrogen-bond acceptors (Lipinski definition) is 8. The largest absolute Gasteiger partial charge is 0.466 e. The third-order valence-electron chi connectivity index (χ3n) is 7.86. The van der Waals surface area contributed by atoms with Crippen LogP contribution < -0.4 is 5.32 Å². The third kappa shape index (κ3) is 4.05. The van der Waals surface area contributed by atoms with Crippen molar-refractivity contribution in [1.29, 1.82) is 0 Å². The number of morpholine rings is 1. The molecule has 2 N–H and O–H groups in total. The lowest BCUT2D eigenvalue weighted by molar-refractivity contribution is -0.160. The van der Waals surface area contributed by atoms with Gasteiger partial charge in [0.25, 0.3) is 0 Å². The molecule has 0 radical (unpaired) electrons. The van der Waals surface area contributed by atoms with Gasteiger partial charge < -0.3 is 29.5 Å². The van der Waals surface area contributed by atoms with Crippen LogP contribution in [0.15, 0.2) is 0 Å². The van der Waals surface area contributed by atoms with E-state index in [1.807, 2.05) is 6.92 Å². The van der Waals surface area contributed by atoms with Crippen LogP contribution >= 0.6 is 0 Å². The quantitative estimate of drug-likeness (QED) is 0.415. The summed E-state index contributed by atoms with van der Waals surface area (Å²) in [5, 5.41) is 12.4. The standard InChI is InChI=1S/C23H37N3O7/c1-3-22-6-7-23(33-22)16(17(22)21(30)32-4-2)20(29)26(9-5-13-27)18(23)19(28)24-8-10-25-11-14-31-15-12-25/h16-18,27H,3-15H2,1-2H3,(H,24,28)/t16-,17+,18?,22-,23?/m0/s1. The van der Waals surface area contributed by atoms with Crippen molar-refractivity contribution in [3.05, 3.63) is 0 Å². The second kappa shape index (κ2) is 9.85. The normalized spacial score (nSPS) is 35.7. The number of rotatable bonds is 10. The molecule has 10 heteroatoms. The molecule has 4 aliphatic heterocycles. The van der Waals surface area contributed by atoms with Crippen LogP contribution in [0, 0.1) is 11.8 Å². The maximum atomic E-state index is 13.6. The summed E-state index contributed by atoms with van der Waals surface area (Å²) < 4.78 is 17.3. The highest BCUT2D eigenvalue weighted by Gasteiger charge is 2.78. The van der Waals surface area contributed by atoms with Gasteiger partial charge in [-0.3, -0.25) is 19.3 Å². The van der Waals surface area contributed by atoms with Crippen LogP contribution in [0.25, 0.3) is 0 Å². The second-order valence-electron chi connectivity index (χ2n) is 9.44. The van der Waals surface area contributed by atoms with Gasteiger partial charge >= 0.3 is 5.97 Å². The molecule has 0 saturated carbocycles. The van der Waals surface area contributed by atoms with E-state index >= 15 is 0 Å².